The molecule has 16 heavy (non-hydrogen) atoms. The van der Waals surface area contributed by atoms with Crippen molar-refractivity contribution in [3.05, 3.63) is 41.6 Å². The number of furan rings is 1. The highest BCUT2D eigenvalue weighted by molar-refractivity contribution is 5.94. The van der Waals surface area contributed by atoms with Gasteiger partial charge in [0.25, 0.3) is 5.91 Å². The second-order valence-corrected chi connectivity index (χ2v) is 3.39. The number of hydrazine groups is 1. The van der Waals surface area contributed by atoms with Crippen LogP contribution in [0.4, 0.5) is 0 Å². The van der Waals surface area contributed by atoms with E-state index in [1.54, 1.807) is 10.7 Å². The van der Waals surface area contributed by atoms with Crippen LogP contribution in [0.5, 0.6) is 0 Å². The lowest BCUT2D eigenvalue weighted by Crippen LogP contribution is -2.30. The van der Waals surface area contributed by atoms with E-state index in [9.17, 15) is 4.79 Å². The minimum atomic E-state index is -0.368. The van der Waals surface area contributed by atoms with Crippen LogP contribution in [0.25, 0.3) is 0 Å². The molecule has 0 unspecified atom stereocenters. The quantitative estimate of drug-likeness (QED) is 0.446. The maximum Gasteiger partial charge on any atom is 0.268 e. The zero-order valence-electron chi connectivity index (χ0n) is 8.80. The number of nitrogens with zero attached hydrogens (tertiary/aromatic N) is 2. The lowest BCUT2D eigenvalue weighted by molar-refractivity contribution is 0.0951. The van der Waals surface area contributed by atoms with Crippen molar-refractivity contribution in [2.24, 2.45) is 5.84 Å². The summed E-state index contributed by atoms with van der Waals surface area (Å²) >= 11 is 0. The second-order valence-electron chi connectivity index (χ2n) is 3.39. The van der Waals surface area contributed by atoms with E-state index in [2.05, 4.69) is 10.5 Å². The van der Waals surface area contributed by atoms with Crippen molar-refractivity contribution < 1.29 is 9.21 Å². The summed E-state index contributed by atoms with van der Waals surface area (Å²) in [5, 5.41) is 4.21. The highest BCUT2D eigenvalue weighted by atomic mass is 16.3. The first-order valence-corrected chi connectivity index (χ1v) is 4.78. The Kier molecular flexibility index (Phi) is 2.74. The standard InChI is InChI=1S/C10H12N4O2/c1-7-2-4-14(13-7)6-9-8(3-5-16-9)10(15)12-11/h2-5H,6,11H2,1H3,(H,12,15). The van der Waals surface area contributed by atoms with E-state index in [4.69, 9.17) is 10.3 Å². The summed E-state index contributed by atoms with van der Waals surface area (Å²) in [6, 6.07) is 3.46. The monoisotopic (exact) mass is 220 g/mol. The fraction of sp³-hybridized carbons (Fsp3) is 0.200. The van der Waals surface area contributed by atoms with Gasteiger partial charge in [-0.15, -0.1) is 0 Å². The van der Waals surface area contributed by atoms with Crippen LogP contribution in [0, 0.1) is 6.92 Å². The molecule has 3 N–H and O–H groups in total. The molecule has 1 amide bonds. The first-order chi connectivity index (χ1) is 7.70. The average molecular weight is 220 g/mol. The molecule has 0 aliphatic carbocycles. The number of nitrogens with two attached hydrogens (primary N) is 1. The summed E-state index contributed by atoms with van der Waals surface area (Å²) in [6.45, 7) is 2.30. The Balaban J connectivity index is 2.22. The predicted octanol–water partition coefficient (Wildman–Crippen LogP) is 0.436. The molecule has 2 heterocycles. The topological polar surface area (TPSA) is 86.1 Å². The molecule has 0 aliphatic heterocycles. The van der Waals surface area contributed by atoms with Gasteiger partial charge in [-0.1, -0.05) is 0 Å². The van der Waals surface area contributed by atoms with Gasteiger partial charge in [0.15, 0.2) is 0 Å². The van der Waals surface area contributed by atoms with Gasteiger partial charge >= 0.3 is 0 Å². The Morgan fingerprint density at radius 2 is 2.44 bits per heavy atom. The van der Waals surface area contributed by atoms with Gasteiger partial charge in [-0.3, -0.25) is 14.9 Å². The maximum absolute atomic E-state index is 11.4. The third-order valence-corrected chi connectivity index (χ3v) is 2.20. The number of rotatable bonds is 3. The van der Waals surface area contributed by atoms with Gasteiger partial charge in [-0.2, -0.15) is 5.10 Å². The molecule has 2 aromatic heterocycles. The van der Waals surface area contributed by atoms with Gasteiger partial charge in [-0.05, 0) is 19.1 Å². The van der Waals surface area contributed by atoms with Crippen molar-refractivity contribution in [1.82, 2.24) is 15.2 Å². The van der Waals surface area contributed by atoms with Crippen LogP contribution in [0.3, 0.4) is 0 Å². The molecule has 6 heteroatoms. The number of nitrogen functional groups attached to an aromatic ring is 1. The Morgan fingerprint density at radius 1 is 1.62 bits per heavy atom. The lowest BCUT2D eigenvalue weighted by atomic mass is 10.2. The van der Waals surface area contributed by atoms with Crippen LogP contribution < -0.4 is 11.3 Å². The van der Waals surface area contributed by atoms with Gasteiger partial charge in [0.05, 0.1) is 24.1 Å². The second kappa shape index (κ2) is 4.19. The molecule has 0 radical (unpaired) electrons. The molecule has 0 aromatic carbocycles. The summed E-state index contributed by atoms with van der Waals surface area (Å²) in [6.07, 6.45) is 3.28. The molecule has 0 atom stereocenters. The molecular weight excluding hydrogens is 208 g/mol. The van der Waals surface area contributed by atoms with Crippen molar-refractivity contribution in [2.75, 3.05) is 0 Å². The maximum atomic E-state index is 11.4. The third kappa shape index (κ3) is 1.96. The normalized spacial score (nSPS) is 10.4. The number of hydrogen-bond donors (Lipinski definition) is 2. The smallest absolute Gasteiger partial charge is 0.268 e. The number of aryl methyl sites for hydroxylation is 1. The van der Waals surface area contributed by atoms with E-state index in [1.165, 1.54) is 6.26 Å². The molecule has 0 spiro atoms. The average Bonchev–Trinajstić information content (AvgIpc) is 2.87. The summed E-state index contributed by atoms with van der Waals surface area (Å²) in [4.78, 5) is 11.4. The Morgan fingerprint density at radius 3 is 3.06 bits per heavy atom. The number of carbonyl (C=O) groups excluding carboxylic acids is 1. The minimum Gasteiger partial charge on any atom is -0.467 e. The van der Waals surface area contributed by atoms with Crippen LogP contribution in [0.2, 0.25) is 0 Å². The summed E-state index contributed by atoms with van der Waals surface area (Å²) in [7, 11) is 0. The number of amides is 1. The van der Waals surface area contributed by atoms with Crippen molar-refractivity contribution in [1.29, 1.82) is 0 Å². The summed E-state index contributed by atoms with van der Waals surface area (Å²) in [5.41, 5.74) is 3.41. The third-order valence-electron chi connectivity index (χ3n) is 2.20. The fourth-order valence-electron chi connectivity index (χ4n) is 1.44. The zero-order valence-corrected chi connectivity index (χ0v) is 8.80. The van der Waals surface area contributed by atoms with E-state index in [0.29, 0.717) is 17.9 Å². The first-order valence-electron chi connectivity index (χ1n) is 4.78. The van der Waals surface area contributed by atoms with Crippen LogP contribution in [-0.4, -0.2) is 15.7 Å². The van der Waals surface area contributed by atoms with E-state index in [0.717, 1.165) is 5.69 Å². The molecule has 0 saturated carbocycles. The highest BCUT2D eigenvalue weighted by Gasteiger charge is 2.13. The number of nitrogens with one attached hydrogen (secondary N) is 1. The minimum absolute atomic E-state index is 0.368. The van der Waals surface area contributed by atoms with E-state index >= 15 is 0 Å². The molecule has 84 valence electrons. The SMILES string of the molecule is Cc1ccn(Cc2occc2C(=O)NN)n1. The molecular formula is C10H12N4O2. The molecule has 0 bridgehead atoms. The van der Waals surface area contributed by atoms with Crippen molar-refractivity contribution >= 4 is 5.91 Å². The number of hydrogen-bond acceptors (Lipinski definition) is 4. The number of aromatic nitrogens is 2. The van der Waals surface area contributed by atoms with Crippen LogP contribution in [0.1, 0.15) is 21.8 Å². The molecule has 0 fully saturated rings. The highest BCUT2D eigenvalue weighted by Crippen LogP contribution is 2.11. The molecule has 2 rings (SSSR count). The summed E-state index contributed by atoms with van der Waals surface area (Å²) in [5.74, 6) is 5.23. The van der Waals surface area contributed by atoms with E-state index in [1.807, 2.05) is 19.2 Å². The van der Waals surface area contributed by atoms with E-state index in [-0.39, 0.29) is 5.91 Å². The van der Waals surface area contributed by atoms with Crippen molar-refractivity contribution in [3.8, 4) is 0 Å². The molecule has 2 aromatic rings. The molecule has 0 saturated heterocycles. The fourth-order valence-corrected chi connectivity index (χ4v) is 1.44. The lowest BCUT2D eigenvalue weighted by Gasteiger charge is -2.01. The first kappa shape index (κ1) is 10.4. The molecule has 6 nitrogen and oxygen atoms in total. The predicted molar refractivity (Wildman–Crippen MR) is 56.4 cm³/mol. The van der Waals surface area contributed by atoms with Gasteiger partial charge in [-0.25, -0.2) is 5.84 Å². The Hall–Kier alpha value is -2.08. The van der Waals surface area contributed by atoms with Crippen molar-refractivity contribution in [2.45, 2.75) is 13.5 Å². The summed E-state index contributed by atoms with van der Waals surface area (Å²) < 4.78 is 6.92. The zero-order chi connectivity index (χ0) is 11.5. The van der Waals surface area contributed by atoms with Crippen LogP contribution in [0.15, 0.2) is 29.0 Å². The number of carbonyl (C=O) groups is 1. The van der Waals surface area contributed by atoms with Gasteiger partial charge in [0.1, 0.15) is 5.76 Å². The van der Waals surface area contributed by atoms with Gasteiger partial charge in [0, 0.05) is 6.20 Å². The van der Waals surface area contributed by atoms with Crippen LogP contribution in [-0.2, 0) is 6.54 Å². The van der Waals surface area contributed by atoms with Crippen LogP contribution >= 0.6 is 0 Å². The van der Waals surface area contributed by atoms with E-state index < -0.39 is 0 Å². The Labute approximate surface area is 92.0 Å². The van der Waals surface area contributed by atoms with Crippen molar-refractivity contribution in [3.63, 3.8) is 0 Å². The largest absolute Gasteiger partial charge is 0.467 e. The molecule has 0 aliphatic rings. The Bertz CT molecular complexity index is 500. The van der Waals surface area contributed by atoms with Gasteiger partial charge in [0.2, 0.25) is 0 Å². The van der Waals surface area contributed by atoms with Gasteiger partial charge < -0.3 is 4.42 Å².